The molecule has 2 aliphatic rings. The van der Waals surface area contributed by atoms with E-state index in [-0.39, 0.29) is 11.8 Å². The van der Waals surface area contributed by atoms with Crippen LogP contribution in [-0.4, -0.2) is 58.9 Å². The van der Waals surface area contributed by atoms with Gasteiger partial charge in [0, 0.05) is 61.1 Å². The van der Waals surface area contributed by atoms with Gasteiger partial charge in [-0.05, 0) is 36.4 Å². The molecule has 1 fully saturated rings. The molecule has 7 heteroatoms. The van der Waals surface area contributed by atoms with E-state index >= 15 is 0 Å². The summed E-state index contributed by atoms with van der Waals surface area (Å²) >= 11 is 0. The van der Waals surface area contributed by atoms with Crippen molar-refractivity contribution in [3.05, 3.63) is 66.0 Å². The van der Waals surface area contributed by atoms with Gasteiger partial charge in [-0.3, -0.25) is 14.5 Å². The molecule has 0 aliphatic carbocycles. The minimum Gasteiger partial charge on any atom is -0.338 e. The topological polar surface area (TPSA) is 78.4 Å². The van der Waals surface area contributed by atoms with E-state index in [1.54, 1.807) is 12.4 Å². The fourth-order valence-corrected chi connectivity index (χ4v) is 4.60. The van der Waals surface area contributed by atoms with Crippen molar-refractivity contribution in [1.82, 2.24) is 20.2 Å². The molecule has 1 atom stereocenters. The van der Waals surface area contributed by atoms with Crippen LogP contribution in [0.5, 0.6) is 0 Å². The monoisotopic (exact) mass is 415 g/mol. The average molecular weight is 415 g/mol. The van der Waals surface area contributed by atoms with Gasteiger partial charge in [-0.25, -0.2) is 9.97 Å². The summed E-state index contributed by atoms with van der Waals surface area (Å²) in [5.41, 5.74) is 1.25. The van der Waals surface area contributed by atoms with Crippen molar-refractivity contribution in [1.29, 1.82) is 0 Å². The maximum atomic E-state index is 13.0. The van der Waals surface area contributed by atoms with E-state index in [0.717, 1.165) is 55.6 Å². The molecule has 3 heterocycles. The smallest absolute Gasteiger partial charge is 0.261 e. The number of rotatable bonds is 6. The molecular formula is C24H25N5O2. The van der Waals surface area contributed by atoms with Gasteiger partial charge in [0.25, 0.3) is 11.8 Å². The Morgan fingerprint density at radius 3 is 2.35 bits per heavy atom. The first-order chi connectivity index (χ1) is 15.2. The van der Waals surface area contributed by atoms with E-state index in [9.17, 15) is 9.59 Å². The Morgan fingerprint density at radius 2 is 1.65 bits per heavy atom. The van der Waals surface area contributed by atoms with Crippen LogP contribution in [0, 0.1) is 0 Å². The van der Waals surface area contributed by atoms with Crippen molar-refractivity contribution >= 4 is 28.5 Å². The van der Waals surface area contributed by atoms with Crippen molar-refractivity contribution in [3.8, 4) is 0 Å². The Kier molecular flexibility index (Phi) is 5.34. The number of imide groups is 1. The molecule has 2 aromatic carbocycles. The van der Waals surface area contributed by atoms with Crippen LogP contribution in [-0.2, 0) is 0 Å². The molecule has 158 valence electrons. The minimum atomic E-state index is -0.183. The molecule has 1 unspecified atom stereocenters. The average Bonchev–Trinajstić information content (AvgIpc) is 2.82. The Hall–Kier alpha value is -3.32. The van der Waals surface area contributed by atoms with Crippen LogP contribution in [0.15, 0.2) is 54.9 Å². The number of nitrogens with one attached hydrogen (secondary N) is 1. The summed E-state index contributed by atoms with van der Waals surface area (Å²) in [4.78, 5) is 38.3. The first-order valence-electron chi connectivity index (χ1n) is 10.9. The third kappa shape index (κ3) is 3.77. The number of hydrogen-bond acceptors (Lipinski definition) is 6. The molecule has 0 saturated carbocycles. The molecular weight excluding hydrogens is 390 g/mol. The summed E-state index contributed by atoms with van der Waals surface area (Å²) in [5, 5.41) is 5.28. The summed E-state index contributed by atoms with van der Waals surface area (Å²) in [7, 11) is 0. The lowest BCUT2D eigenvalue weighted by Crippen LogP contribution is -2.51. The zero-order chi connectivity index (χ0) is 21.2. The van der Waals surface area contributed by atoms with Crippen LogP contribution in [0.25, 0.3) is 10.8 Å². The molecule has 1 aromatic heterocycles. The van der Waals surface area contributed by atoms with Gasteiger partial charge in [0.2, 0.25) is 5.95 Å². The number of unbranched alkanes of at least 4 members (excludes halogenated alkanes) is 1. The third-order valence-corrected chi connectivity index (χ3v) is 6.13. The Bertz CT molecular complexity index is 1070. The van der Waals surface area contributed by atoms with E-state index in [4.69, 9.17) is 0 Å². The van der Waals surface area contributed by atoms with Gasteiger partial charge in [-0.1, -0.05) is 30.7 Å². The van der Waals surface area contributed by atoms with Gasteiger partial charge >= 0.3 is 0 Å². The number of hydrogen-bond donors (Lipinski definition) is 1. The predicted octanol–water partition coefficient (Wildman–Crippen LogP) is 2.87. The maximum Gasteiger partial charge on any atom is 0.261 e. The Morgan fingerprint density at radius 1 is 0.935 bits per heavy atom. The van der Waals surface area contributed by atoms with Gasteiger partial charge in [-0.2, -0.15) is 0 Å². The molecule has 2 aliphatic heterocycles. The van der Waals surface area contributed by atoms with Crippen molar-refractivity contribution in [2.45, 2.75) is 25.3 Å². The largest absolute Gasteiger partial charge is 0.338 e. The van der Waals surface area contributed by atoms with Gasteiger partial charge in [0.05, 0.1) is 0 Å². The van der Waals surface area contributed by atoms with Crippen molar-refractivity contribution in [2.75, 3.05) is 31.1 Å². The number of amides is 2. The highest BCUT2D eigenvalue weighted by atomic mass is 16.2. The molecule has 2 amide bonds. The van der Waals surface area contributed by atoms with Gasteiger partial charge in [0.1, 0.15) is 0 Å². The number of aromatic nitrogens is 2. The Labute approximate surface area is 181 Å². The number of carbonyl (C=O) groups excluding carboxylic acids is 2. The summed E-state index contributed by atoms with van der Waals surface area (Å²) in [6.45, 7) is 3.09. The quantitative estimate of drug-likeness (QED) is 0.493. The molecule has 1 N–H and O–H groups in total. The third-order valence-electron chi connectivity index (χ3n) is 6.13. The normalized spacial score (nSPS) is 18.6. The zero-order valence-electron chi connectivity index (χ0n) is 17.3. The molecule has 31 heavy (non-hydrogen) atoms. The lowest BCUT2D eigenvalue weighted by molar-refractivity contribution is 0.0607. The minimum absolute atomic E-state index is 0.183. The molecule has 0 radical (unpaired) electrons. The first kappa shape index (κ1) is 19.6. The number of nitrogens with zero attached hydrogens (tertiary/aromatic N) is 4. The van der Waals surface area contributed by atoms with E-state index in [1.165, 1.54) is 4.90 Å². The fourth-order valence-electron chi connectivity index (χ4n) is 4.60. The van der Waals surface area contributed by atoms with Crippen LogP contribution in [0.3, 0.4) is 0 Å². The van der Waals surface area contributed by atoms with E-state index in [0.29, 0.717) is 23.7 Å². The van der Waals surface area contributed by atoms with Crippen LogP contribution >= 0.6 is 0 Å². The Balaban J connectivity index is 1.19. The summed E-state index contributed by atoms with van der Waals surface area (Å²) < 4.78 is 0. The standard InChI is InChI=1S/C24H25N5O2/c30-22-19-9-3-6-17-7-4-10-20(21(17)19)23(31)29(22)14-2-1-8-18-16-28(15-13-25-18)24-26-11-5-12-27-24/h3-7,9-12,18,25H,1-2,8,13-16H2. The van der Waals surface area contributed by atoms with Crippen LogP contribution in [0.4, 0.5) is 5.95 Å². The van der Waals surface area contributed by atoms with Crippen LogP contribution in [0.2, 0.25) is 0 Å². The highest BCUT2D eigenvalue weighted by Gasteiger charge is 2.32. The maximum absolute atomic E-state index is 13.0. The van der Waals surface area contributed by atoms with E-state index in [1.807, 2.05) is 42.5 Å². The molecule has 0 spiro atoms. The second-order valence-electron chi connectivity index (χ2n) is 8.11. The predicted molar refractivity (Wildman–Crippen MR) is 119 cm³/mol. The lowest BCUT2D eigenvalue weighted by Gasteiger charge is -2.34. The van der Waals surface area contributed by atoms with Crippen LogP contribution < -0.4 is 10.2 Å². The second kappa shape index (κ2) is 8.43. The van der Waals surface area contributed by atoms with Crippen molar-refractivity contribution in [2.24, 2.45) is 0 Å². The van der Waals surface area contributed by atoms with E-state index < -0.39 is 0 Å². The zero-order valence-corrected chi connectivity index (χ0v) is 17.3. The highest BCUT2D eigenvalue weighted by Crippen LogP contribution is 2.30. The molecule has 1 saturated heterocycles. The summed E-state index contributed by atoms with van der Waals surface area (Å²) in [6.07, 6.45) is 6.24. The number of carbonyl (C=O) groups is 2. The number of anilines is 1. The molecule has 0 bridgehead atoms. The van der Waals surface area contributed by atoms with Crippen LogP contribution in [0.1, 0.15) is 40.0 Å². The summed E-state index contributed by atoms with van der Waals surface area (Å²) in [6, 6.07) is 13.5. The van der Waals surface area contributed by atoms with E-state index in [2.05, 4.69) is 20.2 Å². The van der Waals surface area contributed by atoms with Gasteiger partial charge in [-0.15, -0.1) is 0 Å². The van der Waals surface area contributed by atoms with Gasteiger partial charge in [0.15, 0.2) is 0 Å². The highest BCUT2D eigenvalue weighted by molar-refractivity contribution is 6.25. The van der Waals surface area contributed by atoms with Gasteiger partial charge < -0.3 is 10.2 Å². The first-order valence-corrected chi connectivity index (χ1v) is 10.9. The van der Waals surface area contributed by atoms with Crippen molar-refractivity contribution in [3.63, 3.8) is 0 Å². The van der Waals surface area contributed by atoms with Crippen molar-refractivity contribution < 1.29 is 9.59 Å². The second-order valence-corrected chi connectivity index (χ2v) is 8.11. The number of piperazine rings is 1. The molecule has 7 nitrogen and oxygen atoms in total. The fraction of sp³-hybridized carbons (Fsp3) is 0.333. The molecule has 5 rings (SSSR count). The lowest BCUT2D eigenvalue weighted by atomic mass is 9.94. The molecule has 3 aromatic rings. The number of benzene rings is 2. The summed E-state index contributed by atoms with van der Waals surface area (Å²) in [5.74, 6) is 0.404. The SMILES string of the molecule is O=C1c2cccc3cccc(c23)C(=O)N1CCCCC1CN(c2ncccn2)CCN1.